The zero-order valence-electron chi connectivity index (χ0n) is 19.2. The van der Waals surface area contributed by atoms with Gasteiger partial charge in [-0.25, -0.2) is 4.79 Å². The summed E-state index contributed by atoms with van der Waals surface area (Å²) in [7, 11) is 1.54. The van der Waals surface area contributed by atoms with E-state index in [-0.39, 0.29) is 31.9 Å². The highest BCUT2D eigenvalue weighted by Gasteiger charge is 2.14. The topological polar surface area (TPSA) is 94.8 Å². The summed E-state index contributed by atoms with van der Waals surface area (Å²) < 4.78 is 15.7. The van der Waals surface area contributed by atoms with Gasteiger partial charge < -0.3 is 19.2 Å². The predicted octanol–water partition coefficient (Wildman–Crippen LogP) is 3.64. The predicted molar refractivity (Wildman–Crippen MR) is 126 cm³/mol. The second kappa shape index (κ2) is 11.3. The zero-order valence-corrected chi connectivity index (χ0v) is 19.2. The molecule has 0 saturated heterocycles. The highest BCUT2D eigenvalue weighted by Crippen LogP contribution is 2.24. The van der Waals surface area contributed by atoms with E-state index < -0.39 is 11.6 Å². The molecular weight excluding hydrogens is 422 g/mol. The van der Waals surface area contributed by atoms with E-state index in [1.807, 2.05) is 44.2 Å². The number of carbonyl (C=O) groups is 2. The Morgan fingerprint density at radius 3 is 2.48 bits per heavy atom. The lowest BCUT2D eigenvalue weighted by atomic mass is 10.0. The number of hydrogen-bond donors (Lipinski definition) is 1. The standard InChI is InChI=1S/C26H29NO6/c1-17-4-6-19(7-5-17)8-12-24(28)27-14-15-32-25(29)13-11-22-18(2)21-10-9-20(31-3)16-23(21)33-26(22)30/h4-7,9-10,16H,8,11-15H2,1-3H3,(H,27,28). The number of methoxy groups -OCH3 is 1. The molecule has 174 valence electrons. The molecule has 7 heteroatoms. The molecule has 7 nitrogen and oxygen atoms in total. The molecule has 3 aromatic rings. The number of fused-ring (bicyclic) bond motifs is 1. The van der Waals surface area contributed by atoms with Crippen molar-refractivity contribution in [2.45, 2.75) is 39.5 Å². The summed E-state index contributed by atoms with van der Waals surface area (Å²) in [6, 6.07) is 13.4. The fraction of sp³-hybridized carbons (Fsp3) is 0.346. The molecule has 0 atom stereocenters. The Kier molecular flexibility index (Phi) is 8.24. The summed E-state index contributed by atoms with van der Waals surface area (Å²) in [4.78, 5) is 36.4. The minimum absolute atomic E-state index is 0.0502. The molecule has 0 bridgehead atoms. The Morgan fingerprint density at radius 2 is 1.76 bits per heavy atom. The molecule has 0 aliphatic heterocycles. The van der Waals surface area contributed by atoms with E-state index in [2.05, 4.69) is 5.32 Å². The number of nitrogens with one attached hydrogen (secondary N) is 1. The Bertz CT molecular complexity index is 1180. The maximum Gasteiger partial charge on any atom is 0.339 e. The first-order valence-electron chi connectivity index (χ1n) is 11.0. The molecule has 0 aliphatic carbocycles. The average Bonchev–Trinajstić information content (AvgIpc) is 2.81. The van der Waals surface area contributed by atoms with Gasteiger partial charge in [0.05, 0.1) is 13.7 Å². The number of aryl methyl sites for hydroxylation is 3. The SMILES string of the molecule is COc1ccc2c(C)c(CCC(=O)OCCNC(=O)CCc3ccc(C)cc3)c(=O)oc2c1. The summed E-state index contributed by atoms with van der Waals surface area (Å²) in [5, 5.41) is 3.55. The molecular formula is C26H29NO6. The van der Waals surface area contributed by atoms with Gasteiger partial charge in [0.1, 0.15) is 17.9 Å². The summed E-state index contributed by atoms with van der Waals surface area (Å²) in [5.41, 5.74) is 3.49. The second-order valence-corrected chi connectivity index (χ2v) is 7.91. The molecule has 2 aromatic carbocycles. The highest BCUT2D eigenvalue weighted by molar-refractivity contribution is 5.82. The quantitative estimate of drug-likeness (QED) is 0.287. The van der Waals surface area contributed by atoms with E-state index >= 15 is 0 Å². The van der Waals surface area contributed by atoms with Gasteiger partial charge in [-0.2, -0.15) is 0 Å². The largest absolute Gasteiger partial charge is 0.497 e. The van der Waals surface area contributed by atoms with Crippen LogP contribution in [-0.4, -0.2) is 32.1 Å². The maximum atomic E-state index is 12.4. The van der Waals surface area contributed by atoms with Gasteiger partial charge >= 0.3 is 11.6 Å². The van der Waals surface area contributed by atoms with E-state index in [1.54, 1.807) is 19.2 Å². The van der Waals surface area contributed by atoms with Crippen molar-refractivity contribution in [3.05, 3.63) is 75.1 Å². The van der Waals surface area contributed by atoms with Gasteiger partial charge in [-0.1, -0.05) is 29.8 Å². The Labute approximate surface area is 192 Å². The van der Waals surface area contributed by atoms with Crippen molar-refractivity contribution in [2.75, 3.05) is 20.3 Å². The third-order valence-corrected chi connectivity index (χ3v) is 5.52. The van der Waals surface area contributed by atoms with Crippen LogP contribution < -0.4 is 15.7 Å². The second-order valence-electron chi connectivity index (χ2n) is 7.91. The third kappa shape index (κ3) is 6.68. The van der Waals surface area contributed by atoms with Crippen LogP contribution in [0.1, 0.15) is 35.1 Å². The van der Waals surface area contributed by atoms with Gasteiger partial charge in [-0.05, 0) is 49.9 Å². The maximum absolute atomic E-state index is 12.4. The molecule has 1 N–H and O–H groups in total. The van der Waals surface area contributed by atoms with Crippen LogP contribution in [0.25, 0.3) is 11.0 Å². The van der Waals surface area contributed by atoms with E-state index in [4.69, 9.17) is 13.9 Å². The van der Waals surface area contributed by atoms with Gasteiger partial charge in [-0.15, -0.1) is 0 Å². The van der Waals surface area contributed by atoms with Crippen molar-refractivity contribution in [2.24, 2.45) is 0 Å². The van der Waals surface area contributed by atoms with E-state index in [9.17, 15) is 14.4 Å². The summed E-state index contributed by atoms with van der Waals surface area (Å²) in [6.45, 7) is 4.18. The molecule has 33 heavy (non-hydrogen) atoms. The minimum atomic E-state index is -0.470. The van der Waals surface area contributed by atoms with Crippen molar-refractivity contribution < 1.29 is 23.5 Å². The van der Waals surface area contributed by atoms with Gasteiger partial charge in [0, 0.05) is 29.9 Å². The average molecular weight is 452 g/mol. The molecule has 0 fully saturated rings. The van der Waals surface area contributed by atoms with Crippen molar-refractivity contribution in [1.82, 2.24) is 5.32 Å². The van der Waals surface area contributed by atoms with E-state index in [0.717, 1.165) is 16.5 Å². The van der Waals surface area contributed by atoms with Gasteiger partial charge in [0.15, 0.2) is 0 Å². The number of rotatable bonds is 10. The van der Waals surface area contributed by atoms with Crippen LogP contribution in [0.4, 0.5) is 0 Å². The summed E-state index contributed by atoms with van der Waals surface area (Å²) in [6.07, 6.45) is 1.30. The number of esters is 1. The van der Waals surface area contributed by atoms with E-state index in [0.29, 0.717) is 29.7 Å². The van der Waals surface area contributed by atoms with Crippen LogP contribution in [0.3, 0.4) is 0 Å². The molecule has 0 unspecified atom stereocenters. The zero-order chi connectivity index (χ0) is 23.8. The summed E-state index contributed by atoms with van der Waals surface area (Å²) >= 11 is 0. The highest BCUT2D eigenvalue weighted by atomic mass is 16.5. The van der Waals surface area contributed by atoms with Gasteiger partial charge in [0.25, 0.3) is 0 Å². The monoisotopic (exact) mass is 451 g/mol. The first-order valence-corrected chi connectivity index (χ1v) is 11.0. The third-order valence-electron chi connectivity index (χ3n) is 5.52. The molecule has 3 rings (SSSR count). The summed E-state index contributed by atoms with van der Waals surface area (Å²) in [5.74, 6) is 0.0776. The first-order chi connectivity index (χ1) is 15.9. The Hall–Kier alpha value is -3.61. The number of amides is 1. The minimum Gasteiger partial charge on any atom is -0.497 e. The molecule has 0 spiro atoms. The van der Waals surface area contributed by atoms with Crippen molar-refractivity contribution in [3.8, 4) is 5.75 Å². The Morgan fingerprint density at radius 1 is 1.00 bits per heavy atom. The van der Waals surface area contributed by atoms with Crippen LogP contribution in [-0.2, 0) is 27.2 Å². The van der Waals surface area contributed by atoms with Crippen LogP contribution in [0.15, 0.2) is 51.7 Å². The van der Waals surface area contributed by atoms with Gasteiger partial charge in [0.2, 0.25) is 5.91 Å². The van der Waals surface area contributed by atoms with Crippen molar-refractivity contribution in [1.29, 1.82) is 0 Å². The number of hydrogen-bond acceptors (Lipinski definition) is 6. The van der Waals surface area contributed by atoms with Crippen LogP contribution >= 0.6 is 0 Å². The normalized spacial score (nSPS) is 10.8. The molecule has 1 amide bonds. The Balaban J connectivity index is 1.41. The molecule has 0 saturated carbocycles. The fourth-order valence-corrected chi connectivity index (χ4v) is 3.55. The fourth-order valence-electron chi connectivity index (χ4n) is 3.55. The smallest absolute Gasteiger partial charge is 0.339 e. The molecule has 1 aromatic heterocycles. The number of carbonyl (C=O) groups excluding carboxylic acids is 2. The lowest BCUT2D eigenvalue weighted by Gasteiger charge is -2.09. The van der Waals surface area contributed by atoms with Crippen LogP contribution in [0.2, 0.25) is 0 Å². The molecule has 0 radical (unpaired) electrons. The van der Waals surface area contributed by atoms with Crippen molar-refractivity contribution in [3.63, 3.8) is 0 Å². The van der Waals surface area contributed by atoms with E-state index in [1.165, 1.54) is 5.56 Å². The molecule has 1 heterocycles. The van der Waals surface area contributed by atoms with Crippen LogP contribution in [0.5, 0.6) is 5.75 Å². The van der Waals surface area contributed by atoms with Crippen LogP contribution in [0, 0.1) is 13.8 Å². The number of benzene rings is 2. The molecule has 0 aliphatic rings. The lowest BCUT2D eigenvalue weighted by molar-refractivity contribution is -0.143. The first kappa shape index (κ1) is 24.0. The van der Waals surface area contributed by atoms with Gasteiger partial charge in [-0.3, -0.25) is 9.59 Å². The van der Waals surface area contributed by atoms with Crippen molar-refractivity contribution >= 4 is 22.8 Å². The number of ether oxygens (including phenoxy) is 2. The lowest BCUT2D eigenvalue weighted by Crippen LogP contribution is -2.28.